The van der Waals surface area contributed by atoms with E-state index in [9.17, 15) is 4.79 Å². The largest absolute Gasteiger partial charge is 0.456 e. The Morgan fingerprint density at radius 2 is 2.15 bits per heavy atom. The minimum atomic E-state index is -1.37. The standard InChI is InChI=1S/C8H19NO2Si2/c1-7(10)9-8-5-6-12(8)11-13(2,3)4/h8,12H,5-6H2,1-4H3,(H,9,10). The molecular weight excluding hydrogens is 198 g/mol. The molecule has 1 saturated heterocycles. The second-order valence-electron chi connectivity index (χ2n) is 4.65. The fourth-order valence-electron chi connectivity index (χ4n) is 1.49. The number of hydrogen-bond acceptors (Lipinski definition) is 2. The monoisotopic (exact) mass is 217 g/mol. The van der Waals surface area contributed by atoms with Crippen LogP contribution in [-0.4, -0.2) is 28.9 Å². The molecule has 0 saturated carbocycles. The van der Waals surface area contributed by atoms with Crippen molar-refractivity contribution in [3.63, 3.8) is 0 Å². The van der Waals surface area contributed by atoms with Crippen LogP contribution in [0.25, 0.3) is 0 Å². The lowest BCUT2D eigenvalue weighted by atomic mass is 10.4. The number of nitrogens with one attached hydrogen (secondary N) is 1. The van der Waals surface area contributed by atoms with Crippen molar-refractivity contribution in [2.24, 2.45) is 0 Å². The summed E-state index contributed by atoms with van der Waals surface area (Å²) in [6, 6.07) is 1.23. The van der Waals surface area contributed by atoms with E-state index < -0.39 is 17.4 Å². The summed E-state index contributed by atoms with van der Waals surface area (Å²) in [5.41, 5.74) is 0.407. The molecular formula is C8H19NO2Si2. The van der Waals surface area contributed by atoms with E-state index >= 15 is 0 Å². The van der Waals surface area contributed by atoms with Gasteiger partial charge in [0.2, 0.25) is 5.91 Å². The summed E-state index contributed by atoms with van der Waals surface area (Å²) in [7, 11) is -2.44. The topological polar surface area (TPSA) is 38.3 Å². The van der Waals surface area contributed by atoms with Gasteiger partial charge < -0.3 is 9.43 Å². The minimum absolute atomic E-state index is 0.0846. The number of amides is 1. The molecule has 0 aromatic carbocycles. The van der Waals surface area contributed by atoms with E-state index in [0.29, 0.717) is 5.67 Å². The average molecular weight is 217 g/mol. The molecule has 1 aliphatic heterocycles. The third kappa shape index (κ3) is 3.62. The van der Waals surface area contributed by atoms with Gasteiger partial charge >= 0.3 is 0 Å². The molecule has 1 heterocycles. The Labute approximate surface area is 82.7 Å². The van der Waals surface area contributed by atoms with Gasteiger partial charge in [0.15, 0.2) is 17.4 Å². The average Bonchev–Trinajstić information content (AvgIpc) is 1.92. The molecule has 0 bridgehead atoms. The minimum Gasteiger partial charge on any atom is -0.456 e. The third-order valence-corrected chi connectivity index (χ3v) is 8.44. The summed E-state index contributed by atoms with van der Waals surface area (Å²) in [4.78, 5) is 10.8. The first-order valence-corrected chi connectivity index (χ1v) is 10.2. The zero-order chi connectivity index (χ0) is 10.1. The molecule has 1 aliphatic rings. The fourth-order valence-corrected chi connectivity index (χ4v) is 7.61. The van der Waals surface area contributed by atoms with E-state index in [0.717, 1.165) is 6.42 Å². The Kier molecular flexibility index (Phi) is 3.31. The SMILES string of the molecule is CC(=O)NC1CC[SiH]1O[Si](C)(C)C. The molecule has 76 valence electrons. The van der Waals surface area contributed by atoms with Gasteiger partial charge in [0, 0.05) is 12.6 Å². The zero-order valence-electron chi connectivity index (χ0n) is 8.89. The van der Waals surface area contributed by atoms with E-state index in [1.165, 1.54) is 6.04 Å². The second kappa shape index (κ2) is 3.93. The highest BCUT2D eigenvalue weighted by Gasteiger charge is 2.37. The van der Waals surface area contributed by atoms with E-state index in [1.54, 1.807) is 6.92 Å². The molecule has 5 heteroatoms. The smallest absolute Gasteiger partial charge is 0.216 e. The predicted octanol–water partition coefficient (Wildman–Crippen LogP) is 1.01. The predicted molar refractivity (Wildman–Crippen MR) is 58.6 cm³/mol. The van der Waals surface area contributed by atoms with Gasteiger partial charge in [-0.05, 0) is 32.1 Å². The normalized spacial score (nSPS) is 28.0. The zero-order valence-corrected chi connectivity index (χ0v) is 11.0. The van der Waals surface area contributed by atoms with Gasteiger partial charge in [-0.2, -0.15) is 0 Å². The molecule has 0 aliphatic carbocycles. The van der Waals surface area contributed by atoms with E-state index in [4.69, 9.17) is 4.12 Å². The van der Waals surface area contributed by atoms with Crippen molar-refractivity contribution < 1.29 is 8.91 Å². The van der Waals surface area contributed by atoms with Crippen LogP contribution >= 0.6 is 0 Å². The maximum atomic E-state index is 10.8. The van der Waals surface area contributed by atoms with Crippen LogP contribution in [0.5, 0.6) is 0 Å². The highest BCUT2D eigenvalue weighted by molar-refractivity contribution is 6.78. The van der Waals surface area contributed by atoms with Crippen LogP contribution in [0.1, 0.15) is 13.3 Å². The maximum absolute atomic E-state index is 10.8. The fraction of sp³-hybridized carbons (Fsp3) is 0.875. The second-order valence-corrected chi connectivity index (χ2v) is 12.3. The van der Waals surface area contributed by atoms with Crippen molar-refractivity contribution >= 4 is 23.3 Å². The van der Waals surface area contributed by atoms with Crippen LogP contribution in [0.3, 0.4) is 0 Å². The van der Waals surface area contributed by atoms with Crippen LogP contribution in [0, 0.1) is 0 Å². The highest BCUT2D eigenvalue weighted by atomic mass is 28.4. The van der Waals surface area contributed by atoms with Crippen molar-refractivity contribution in [2.45, 2.75) is 44.7 Å². The third-order valence-electron chi connectivity index (χ3n) is 2.10. The summed E-state index contributed by atoms with van der Waals surface area (Å²) in [5.74, 6) is 0.0846. The highest BCUT2D eigenvalue weighted by Crippen LogP contribution is 2.23. The first kappa shape index (κ1) is 10.9. The summed E-state index contributed by atoms with van der Waals surface area (Å²) < 4.78 is 6.05. The lowest BCUT2D eigenvalue weighted by molar-refractivity contribution is -0.119. The van der Waals surface area contributed by atoms with Crippen molar-refractivity contribution in [1.29, 1.82) is 0 Å². The van der Waals surface area contributed by atoms with Crippen molar-refractivity contribution in [3.8, 4) is 0 Å². The van der Waals surface area contributed by atoms with Gasteiger partial charge in [-0.15, -0.1) is 0 Å². The van der Waals surface area contributed by atoms with Gasteiger partial charge in [-0.25, -0.2) is 0 Å². The Balaban J connectivity index is 2.33. The molecule has 1 fully saturated rings. The van der Waals surface area contributed by atoms with Crippen LogP contribution in [0.2, 0.25) is 25.7 Å². The molecule has 0 aromatic heterocycles. The van der Waals surface area contributed by atoms with Crippen LogP contribution in [0.4, 0.5) is 0 Å². The first-order chi connectivity index (χ1) is 5.88. The molecule has 1 N–H and O–H groups in total. The first-order valence-electron chi connectivity index (χ1n) is 4.83. The molecule has 13 heavy (non-hydrogen) atoms. The number of carbonyl (C=O) groups excluding carboxylic acids is 1. The number of carbonyl (C=O) groups is 1. The van der Waals surface area contributed by atoms with E-state index in [-0.39, 0.29) is 5.91 Å². The molecule has 0 radical (unpaired) electrons. The van der Waals surface area contributed by atoms with E-state index in [2.05, 4.69) is 25.0 Å². The van der Waals surface area contributed by atoms with Crippen molar-refractivity contribution in [2.75, 3.05) is 0 Å². The molecule has 0 aromatic rings. The van der Waals surface area contributed by atoms with Crippen molar-refractivity contribution in [3.05, 3.63) is 0 Å². The van der Waals surface area contributed by atoms with Gasteiger partial charge in [-0.3, -0.25) is 4.79 Å². The summed E-state index contributed by atoms with van der Waals surface area (Å²) >= 11 is 0. The van der Waals surface area contributed by atoms with Gasteiger partial charge in [0.05, 0.1) is 0 Å². The number of hydrogen-bond donors (Lipinski definition) is 1. The molecule has 0 spiro atoms. The Hall–Kier alpha value is -0.136. The summed E-state index contributed by atoms with van der Waals surface area (Å²) in [6.45, 7) is 8.22. The molecule has 2 unspecified atom stereocenters. The quantitative estimate of drug-likeness (QED) is 0.717. The molecule has 2 atom stereocenters. The van der Waals surface area contributed by atoms with Crippen LogP contribution in [-0.2, 0) is 8.91 Å². The lowest BCUT2D eigenvalue weighted by Gasteiger charge is -2.39. The molecule has 1 rings (SSSR count). The molecule has 3 nitrogen and oxygen atoms in total. The maximum Gasteiger partial charge on any atom is 0.216 e. The molecule has 1 amide bonds. The Bertz CT molecular complexity index is 203. The van der Waals surface area contributed by atoms with Gasteiger partial charge in [0.25, 0.3) is 0 Å². The van der Waals surface area contributed by atoms with Crippen LogP contribution < -0.4 is 5.32 Å². The van der Waals surface area contributed by atoms with Gasteiger partial charge in [0.1, 0.15) is 0 Å². The Morgan fingerprint density at radius 1 is 1.54 bits per heavy atom. The number of rotatable bonds is 3. The van der Waals surface area contributed by atoms with Crippen molar-refractivity contribution in [1.82, 2.24) is 5.32 Å². The van der Waals surface area contributed by atoms with Crippen LogP contribution in [0.15, 0.2) is 0 Å². The van der Waals surface area contributed by atoms with Gasteiger partial charge in [-0.1, -0.05) is 0 Å². The van der Waals surface area contributed by atoms with E-state index in [1.807, 2.05) is 0 Å². The summed E-state index contributed by atoms with van der Waals surface area (Å²) in [6.07, 6.45) is 1.13. The summed E-state index contributed by atoms with van der Waals surface area (Å²) in [5, 5.41) is 2.97. The lowest BCUT2D eigenvalue weighted by Crippen LogP contribution is -2.57. The Morgan fingerprint density at radius 3 is 2.46 bits per heavy atom.